The number of aliphatic carboxylic acids is 1. The van der Waals surface area contributed by atoms with E-state index in [0.29, 0.717) is 38.3 Å². The number of hydrogen-bond acceptors (Lipinski definition) is 8. The van der Waals surface area contributed by atoms with Gasteiger partial charge in [0.25, 0.3) is 5.91 Å². The molecule has 0 aliphatic carbocycles. The molecule has 2 aliphatic rings. The molecule has 1 amide bonds. The number of carbonyl (C=O) groups excluding carboxylic acids is 2. The number of sulfonamides is 1. The summed E-state index contributed by atoms with van der Waals surface area (Å²) in [5, 5.41) is 14.9. The zero-order valence-corrected chi connectivity index (χ0v) is 22.9. The average molecular weight is 617 g/mol. The van der Waals surface area contributed by atoms with Crippen LogP contribution in [0.2, 0.25) is 0 Å². The van der Waals surface area contributed by atoms with Crippen molar-refractivity contribution in [2.75, 3.05) is 51.1 Å². The van der Waals surface area contributed by atoms with E-state index >= 15 is 0 Å². The molecule has 2 aromatic rings. The fourth-order valence-electron chi connectivity index (χ4n) is 4.81. The number of halogens is 4. The summed E-state index contributed by atoms with van der Waals surface area (Å²) in [7, 11) is -4.51. The number of benzene rings is 2. The molecule has 1 atom stereocenters. The predicted octanol–water partition coefficient (Wildman–Crippen LogP) is 1.80. The molecular weight excluding hydrogens is 588 g/mol. The van der Waals surface area contributed by atoms with E-state index in [1.807, 2.05) is 4.90 Å². The van der Waals surface area contributed by atoms with Crippen molar-refractivity contribution in [2.24, 2.45) is 5.92 Å². The van der Waals surface area contributed by atoms with Gasteiger partial charge in [-0.05, 0) is 31.0 Å². The van der Waals surface area contributed by atoms with Gasteiger partial charge in [0.2, 0.25) is 16.1 Å². The molecule has 2 fully saturated rings. The van der Waals surface area contributed by atoms with E-state index in [1.165, 1.54) is 0 Å². The smallest absolute Gasteiger partial charge is 0.345 e. The molecule has 0 saturated carbocycles. The van der Waals surface area contributed by atoms with Crippen LogP contribution >= 0.6 is 0 Å². The van der Waals surface area contributed by atoms with Crippen LogP contribution in [0, 0.1) is 29.2 Å². The summed E-state index contributed by atoms with van der Waals surface area (Å²) in [4.78, 5) is 37.8. The summed E-state index contributed by atoms with van der Waals surface area (Å²) in [6.45, 7) is 2.08. The van der Waals surface area contributed by atoms with Crippen molar-refractivity contribution in [1.82, 2.24) is 14.5 Å². The summed E-state index contributed by atoms with van der Waals surface area (Å²) in [5.74, 6) is -9.83. The molecule has 0 bridgehead atoms. The van der Waals surface area contributed by atoms with Crippen molar-refractivity contribution in [2.45, 2.75) is 23.8 Å². The number of carbonyl (C=O) groups is 3. The lowest BCUT2D eigenvalue weighted by atomic mass is 9.92. The molecule has 16 heteroatoms. The van der Waals surface area contributed by atoms with Crippen molar-refractivity contribution in [1.29, 1.82) is 0 Å². The van der Waals surface area contributed by atoms with E-state index in [2.05, 4.69) is 10.6 Å². The highest BCUT2D eigenvalue weighted by Gasteiger charge is 2.38. The molecular formula is C26H28F4N4O7S. The van der Waals surface area contributed by atoms with Gasteiger partial charge >= 0.3 is 11.9 Å². The SMILES string of the molecule is O=C(CN1CCNCC1)OC(C(=O)O)C1CCN(S(=O)(=O)c2cc(C(=O)Nc3cc(F)c(F)c(F)c3)ccc2F)CC1. The Hall–Kier alpha value is -3.60. The van der Waals surface area contributed by atoms with Gasteiger partial charge in [0.1, 0.15) is 10.7 Å². The molecule has 0 radical (unpaired) electrons. The Balaban J connectivity index is 1.42. The van der Waals surface area contributed by atoms with Crippen molar-refractivity contribution in [3.8, 4) is 0 Å². The first-order valence-corrected chi connectivity index (χ1v) is 14.4. The van der Waals surface area contributed by atoms with E-state index in [9.17, 15) is 45.5 Å². The van der Waals surface area contributed by atoms with Gasteiger partial charge in [-0.25, -0.2) is 30.8 Å². The van der Waals surface area contributed by atoms with Crippen LogP contribution in [0.25, 0.3) is 0 Å². The number of piperazine rings is 1. The Morgan fingerprint density at radius 1 is 0.976 bits per heavy atom. The van der Waals surface area contributed by atoms with Crippen LogP contribution < -0.4 is 10.6 Å². The number of rotatable bonds is 9. The Kier molecular flexibility index (Phi) is 9.81. The summed E-state index contributed by atoms with van der Waals surface area (Å²) in [6.07, 6.45) is -1.49. The van der Waals surface area contributed by atoms with Crippen molar-refractivity contribution in [3.63, 3.8) is 0 Å². The third-order valence-corrected chi connectivity index (χ3v) is 8.96. The molecule has 228 valence electrons. The van der Waals surface area contributed by atoms with E-state index in [4.69, 9.17) is 4.74 Å². The van der Waals surface area contributed by atoms with Crippen molar-refractivity contribution in [3.05, 3.63) is 59.2 Å². The third-order valence-electron chi connectivity index (χ3n) is 7.04. The molecule has 2 heterocycles. The number of nitrogens with one attached hydrogen (secondary N) is 2. The Bertz CT molecular complexity index is 1440. The number of carboxylic acids is 1. The molecule has 0 aromatic heterocycles. The number of nitrogens with zero attached hydrogens (tertiary/aromatic N) is 2. The second-order valence-electron chi connectivity index (χ2n) is 9.87. The van der Waals surface area contributed by atoms with Crippen LogP contribution in [-0.4, -0.2) is 92.5 Å². The van der Waals surface area contributed by atoms with Crippen LogP contribution in [0.5, 0.6) is 0 Å². The van der Waals surface area contributed by atoms with Crippen LogP contribution in [0.4, 0.5) is 23.2 Å². The number of anilines is 1. The molecule has 3 N–H and O–H groups in total. The molecule has 2 aromatic carbocycles. The summed E-state index contributed by atoms with van der Waals surface area (Å²) >= 11 is 0. The van der Waals surface area contributed by atoms with Gasteiger partial charge in [-0.3, -0.25) is 14.5 Å². The summed E-state index contributed by atoms with van der Waals surface area (Å²) < 4.78 is 87.6. The number of hydrogen-bond donors (Lipinski definition) is 3. The van der Waals surface area contributed by atoms with Gasteiger partial charge in [-0.2, -0.15) is 4.31 Å². The van der Waals surface area contributed by atoms with Crippen molar-refractivity contribution >= 4 is 33.6 Å². The average Bonchev–Trinajstić information content (AvgIpc) is 2.95. The molecule has 4 rings (SSSR count). The third kappa shape index (κ3) is 7.24. The number of amides is 1. The lowest BCUT2D eigenvalue weighted by Gasteiger charge is -2.34. The molecule has 11 nitrogen and oxygen atoms in total. The highest BCUT2D eigenvalue weighted by Crippen LogP contribution is 2.29. The van der Waals surface area contributed by atoms with E-state index in [0.717, 1.165) is 22.5 Å². The normalized spacial score (nSPS) is 17.9. The first-order chi connectivity index (χ1) is 19.9. The van der Waals surface area contributed by atoms with E-state index in [1.54, 1.807) is 0 Å². The first-order valence-electron chi connectivity index (χ1n) is 13.0. The quantitative estimate of drug-likeness (QED) is 0.218. The topological polar surface area (TPSA) is 145 Å². The van der Waals surface area contributed by atoms with Crippen LogP contribution in [0.1, 0.15) is 23.2 Å². The minimum Gasteiger partial charge on any atom is -0.478 e. The Morgan fingerprint density at radius 2 is 1.60 bits per heavy atom. The molecule has 0 spiro atoms. The number of esters is 1. The Labute approximate surface area is 238 Å². The zero-order valence-electron chi connectivity index (χ0n) is 22.1. The van der Waals surface area contributed by atoms with Gasteiger partial charge in [-0.1, -0.05) is 0 Å². The largest absolute Gasteiger partial charge is 0.478 e. The van der Waals surface area contributed by atoms with Gasteiger partial charge in [-0.15, -0.1) is 0 Å². The molecule has 2 saturated heterocycles. The van der Waals surface area contributed by atoms with Gasteiger partial charge in [0.15, 0.2) is 17.5 Å². The minimum absolute atomic E-state index is 0.000597. The second-order valence-corrected chi connectivity index (χ2v) is 11.8. The van der Waals surface area contributed by atoms with Gasteiger partial charge in [0.05, 0.1) is 6.54 Å². The fraction of sp³-hybridized carbons (Fsp3) is 0.423. The van der Waals surface area contributed by atoms with Crippen molar-refractivity contribution < 1.29 is 50.2 Å². The van der Waals surface area contributed by atoms with Crippen LogP contribution in [-0.2, 0) is 24.3 Å². The zero-order chi connectivity index (χ0) is 30.6. The second kappa shape index (κ2) is 13.1. The fourth-order valence-corrected chi connectivity index (χ4v) is 6.37. The molecule has 2 aliphatic heterocycles. The first kappa shape index (κ1) is 31.3. The maximum absolute atomic E-state index is 14.7. The monoisotopic (exact) mass is 616 g/mol. The number of carboxylic acid groups (broad SMARTS) is 1. The predicted molar refractivity (Wildman–Crippen MR) is 139 cm³/mol. The van der Waals surface area contributed by atoms with Gasteiger partial charge < -0.3 is 20.5 Å². The summed E-state index contributed by atoms with van der Waals surface area (Å²) in [6, 6.07) is 3.49. The minimum atomic E-state index is -4.51. The number of ether oxygens (including phenoxy) is 1. The highest BCUT2D eigenvalue weighted by atomic mass is 32.2. The van der Waals surface area contributed by atoms with E-state index < -0.39 is 73.7 Å². The summed E-state index contributed by atoms with van der Waals surface area (Å²) in [5.41, 5.74) is -0.814. The lowest BCUT2D eigenvalue weighted by molar-refractivity contribution is -0.169. The highest BCUT2D eigenvalue weighted by molar-refractivity contribution is 7.89. The maximum Gasteiger partial charge on any atom is 0.345 e. The number of piperidine rings is 1. The van der Waals surface area contributed by atoms with E-state index in [-0.39, 0.29) is 38.0 Å². The maximum atomic E-state index is 14.7. The molecule has 42 heavy (non-hydrogen) atoms. The van der Waals surface area contributed by atoms with Crippen LogP contribution in [0.15, 0.2) is 35.2 Å². The van der Waals surface area contributed by atoms with Gasteiger partial charge in [0, 0.05) is 68.6 Å². The molecule has 1 unspecified atom stereocenters. The standard InChI is InChI=1S/C26H28F4N4O7S/c27-18-2-1-16(25(36)32-17-12-19(28)23(30)20(29)13-17)11-21(18)42(39,40)34-7-3-15(4-8-34)24(26(37)38)41-22(35)14-33-9-5-31-6-10-33/h1-2,11-13,15,24,31H,3-10,14H2,(H,32,36)(H,37,38). The van der Waals surface area contributed by atoms with Crippen LogP contribution in [0.3, 0.4) is 0 Å². The Morgan fingerprint density at radius 3 is 2.19 bits per heavy atom. The lowest BCUT2D eigenvalue weighted by Crippen LogP contribution is -2.48.